The molecule has 5 heteroatoms. The van der Waals surface area contributed by atoms with Crippen LogP contribution in [0.3, 0.4) is 0 Å². The molecule has 1 rings (SSSR count). The normalized spacial score (nSPS) is 11.6. The monoisotopic (exact) mass is 272 g/mol. The Morgan fingerprint density at radius 3 is 2.56 bits per heavy atom. The molecule has 0 aliphatic rings. The van der Waals surface area contributed by atoms with Gasteiger partial charge in [0, 0.05) is 23.7 Å². The molecule has 1 aromatic rings. The third-order valence-corrected chi connectivity index (χ3v) is 2.85. The first kappa shape index (κ1) is 16.7. The van der Waals surface area contributed by atoms with E-state index in [4.69, 9.17) is 0 Å². The van der Waals surface area contributed by atoms with Crippen molar-refractivity contribution in [2.24, 2.45) is 5.92 Å². The topological polar surface area (TPSA) is 61.4 Å². The van der Waals surface area contributed by atoms with Crippen LogP contribution in [0, 0.1) is 19.8 Å². The van der Waals surface area contributed by atoms with Crippen LogP contribution in [0.15, 0.2) is 12.1 Å². The molecule has 1 aromatic carbocycles. The molecule has 0 aliphatic heterocycles. The number of amides is 1. The van der Waals surface area contributed by atoms with E-state index in [1.807, 2.05) is 27.0 Å². The van der Waals surface area contributed by atoms with Crippen LogP contribution >= 0.6 is 12.4 Å². The van der Waals surface area contributed by atoms with Crippen LogP contribution in [0.25, 0.3) is 0 Å². The zero-order chi connectivity index (χ0) is 13.0. The molecule has 0 aliphatic carbocycles. The SMILES string of the molecule is CNCC(C)C(=O)Nc1ccc(C)c(O)c1C.Cl. The molecule has 0 heterocycles. The number of hydrogen-bond donors (Lipinski definition) is 3. The number of hydrogen-bond acceptors (Lipinski definition) is 3. The standard InChI is InChI=1S/C13H20N2O2.ClH/c1-8-5-6-11(10(3)12(8)16)15-13(17)9(2)7-14-4;/h5-6,9,14,16H,7H2,1-4H3,(H,15,17);1H. The minimum Gasteiger partial charge on any atom is -0.507 e. The number of carbonyl (C=O) groups is 1. The van der Waals surface area contributed by atoms with Gasteiger partial charge >= 0.3 is 0 Å². The Labute approximate surface area is 114 Å². The molecule has 0 saturated heterocycles. The summed E-state index contributed by atoms with van der Waals surface area (Å²) in [4.78, 5) is 11.8. The Balaban J connectivity index is 0.00000289. The molecule has 1 atom stereocenters. The second-order valence-corrected chi connectivity index (χ2v) is 4.35. The van der Waals surface area contributed by atoms with Gasteiger partial charge in [-0.05, 0) is 32.5 Å². The van der Waals surface area contributed by atoms with Crippen LogP contribution in [0.1, 0.15) is 18.1 Å². The lowest BCUT2D eigenvalue weighted by Crippen LogP contribution is -2.28. The average Bonchev–Trinajstić information content (AvgIpc) is 2.30. The van der Waals surface area contributed by atoms with Crippen molar-refractivity contribution < 1.29 is 9.90 Å². The van der Waals surface area contributed by atoms with E-state index >= 15 is 0 Å². The van der Waals surface area contributed by atoms with Gasteiger partial charge in [-0.2, -0.15) is 0 Å². The maximum Gasteiger partial charge on any atom is 0.228 e. The maximum absolute atomic E-state index is 11.8. The van der Waals surface area contributed by atoms with Crippen LogP contribution in [-0.4, -0.2) is 24.6 Å². The summed E-state index contributed by atoms with van der Waals surface area (Å²) in [5, 5.41) is 15.6. The summed E-state index contributed by atoms with van der Waals surface area (Å²) in [5.41, 5.74) is 2.18. The highest BCUT2D eigenvalue weighted by molar-refractivity contribution is 5.93. The van der Waals surface area contributed by atoms with Crippen LogP contribution in [0.5, 0.6) is 5.75 Å². The molecule has 102 valence electrons. The molecule has 3 N–H and O–H groups in total. The summed E-state index contributed by atoms with van der Waals surface area (Å²) in [7, 11) is 1.81. The van der Waals surface area contributed by atoms with Crippen LogP contribution in [0.2, 0.25) is 0 Å². The van der Waals surface area contributed by atoms with Gasteiger partial charge in [-0.25, -0.2) is 0 Å². The van der Waals surface area contributed by atoms with E-state index in [9.17, 15) is 9.90 Å². The molecular weight excluding hydrogens is 252 g/mol. The largest absolute Gasteiger partial charge is 0.507 e. The number of carbonyl (C=O) groups excluding carboxylic acids is 1. The summed E-state index contributed by atoms with van der Waals surface area (Å²) >= 11 is 0. The van der Waals surface area contributed by atoms with Crippen molar-refractivity contribution in [1.29, 1.82) is 0 Å². The summed E-state index contributed by atoms with van der Waals surface area (Å²) in [6, 6.07) is 3.61. The molecular formula is C13H21ClN2O2. The maximum atomic E-state index is 11.8. The second-order valence-electron chi connectivity index (χ2n) is 4.35. The van der Waals surface area contributed by atoms with E-state index in [1.54, 1.807) is 13.0 Å². The van der Waals surface area contributed by atoms with Gasteiger partial charge < -0.3 is 15.7 Å². The van der Waals surface area contributed by atoms with Gasteiger partial charge in [0.25, 0.3) is 0 Å². The Morgan fingerprint density at radius 1 is 1.39 bits per heavy atom. The molecule has 4 nitrogen and oxygen atoms in total. The fourth-order valence-corrected chi connectivity index (χ4v) is 1.63. The number of aryl methyl sites for hydroxylation is 1. The Bertz CT molecular complexity index is 422. The lowest BCUT2D eigenvalue weighted by Gasteiger charge is -2.14. The van der Waals surface area contributed by atoms with Gasteiger partial charge in [0.1, 0.15) is 5.75 Å². The summed E-state index contributed by atoms with van der Waals surface area (Å²) in [6.45, 7) is 6.11. The van der Waals surface area contributed by atoms with Crippen molar-refractivity contribution in [3.63, 3.8) is 0 Å². The number of benzene rings is 1. The van der Waals surface area contributed by atoms with Crippen molar-refractivity contribution >= 4 is 24.0 Å². The first-order valence-corrected chi connectivity index (χ1v) is 5.72. The second kappa shape index (κ2) is 7.24. The van der Waals surface area contributed by atoms with E-state index in [2.05, 4.69) is 10.6 Å². The highest BCUT2D eigenvalue weighted by Gasteiger charge is 2.14. The lowest BCUT2D eigenvalue weighted by atomic mass is 10.1. The molecule has 0 aromatic heterocycles. The van der Waals surface area contributed by atoms with E-state index in [0.29, 0.717) is 17.8 Å². The number of halogens is 1. The summed E-state index contributed by atoms with van der Waals surface area (Å²) in [5.74, 6) is 0.0811. The van der Waals surface area contributed by atoms with Gasteiger partial charge in [0.15, 0.2) is 0 Å². The third-order valence-electron chi connectivity index (χ3n) is 2.85. The van der Waals surface area contributed by atoms with Crippen molar-refractivity contribution in [3.05, 3.63) is 23.3 Å². The van der Waals surface area contributed by atoms with Crippen molar-refractivity contribution in [3.8, 4) is 5.75 Å². The minimum absolute atomic E-state index is 0. The van der Waals surface area contributed by atoms with Gasteiger partial charge in [0.05, 0.1) is 0 Å². The van der Waals surface area contributed by atoms with Crippen molar-refractivity contribution in [1.82, 2.24) is 5.32 Å². The number of rotatable bonds is 4. The van der Waals surface area contributed by atoms with Gasteiger partial charge in [-0.3, -0.25) is 4.79 Å². The van der Waals surface area contributed by atoms with Gasteiger partial charge in [-0.15, -0.1) is 12.4 Å². The van der Waals surface area contributed by atoms with Crippen LogP contribution in [0.4, 0.5) is 5.69 Å². The number of anilines is 1. The molecule has 0 spiro atoms. The quantitative estimate of drug-likeness (QED) is 0.788. The molecule has 0 radical (unpaired) electrons. The highest BCUT2D eigenvalue weighted by atomic mass is 35.5. The molecule has 18 heavy (non-hydrogen) atoms. The van der Waals surface area contributed by atoms with Crippen molar-refractivity contribution in [2.75, 3.05) is 18.9 Å². The van der Waals surface area contributed by atoms with Gasteiger partial charge in [-0.1, -0.05) is 13.0 Å². The Kier molecular flexibility index (Phi) is 6.73. The Morgan fingerprint density at radius 2 is 2.00 bits per heavy atom. The van der Waals surface area contributed by atoms with E-state index in [1.165, 1.54) is 0 Å². The predicted octanol–water partition coefficient (Wildman–Crippen LogP) is 2.22. The molecule has 1 amide bonds. The number of aromatic hydroxyl groups is 1. The fraction of sp³-hybridized carbons (Fsp3) is 0.462. The number of phenols is 1. The number of phenolic OH excluding ortho intramolecular Hbond substituents is 1. The van der Waals surface area contributed by atoms with E-state index in [-0.39, 0.29) is 30.0 Å². The minimum atomic E-state index is -0.108. The lowest BCUT2D eigenvalue weighted by molar-refractivity contribution is -0.119. The summed E-state index contributed by atoms with van der Waals surface area (Å²) in [6.07, 6.45) is 0. The zero-order valence-corrected chi connectivity index (χ0v) is 12.0. The highest BCUT2D eigenvalue weighted by Crippen LogP contribution is 2.28. The van der Waals surface area contributed by atoms with Crippen LogP contribution in [-0.2, 0) is 4.79 Å². The predicted molar refractivity (Wildman–Crippen MR) is 76.5 cm³/mol. The molecule has 0 bridgehead atoms. The zero-order valence-electron chi connectivity index (χ0n) is 11.2. The van der Waals surface area contributed by atoms with Gasteiger partial charge in [0.2, 0.25) is 5.91 Å². The third kappa shape index (κ3) is 3.89. The summed E-state index contributed by atoms with van der Waals surface area (Å²) < 4.78 is 0. The molecule has 0 fully saturated rings. The Hall–Kier alpha value is -1.26. The van der Waals surface area contributed by atoms with E-state index in [0.717, 1.165) is 5.56 Å². The number of nitrogens with one attached hydrogen (secondary N) is 2. The molecule has 1 unspecified atom stereocenters. The molecule has 0 saturated carbocycles. The smallest absolute Gasteiger partial charge is 0.228 e. The first-order valence-electron chi connectivity index (χ1n) is 5.72. The first-order chi connectivity index (χ1) is 7.97. The van der Waals surface area contributed by atoms with Crippen LogP contribution < -0.4 is 10.6 Å². The fourth-order valence-electron chi connectivity index (χ4n) is 1.63. The van der Waals surface area contributed by atoms with Crippen molar-refractivity contribution in [2.45, 2.75) is 20.8 Å². The van der Waals surface area contributed by atoms with E-state index < -0.39 is 0 Å². The average molecular weight is 273 g/mol.